The monoisotopic (exact) mass is 651 g/mol. The Morgan fingerprint density at radius 1 is 0.978 bits per heavy atom. The highest BCUT2D eigenvalue weighted by Gasteiger charge is 2.42. The minimum absolute atomic E-state index is 0.00821. The minimum Gasteiger partial charge on any atom is -0.382 e. The van der Waals surface area contributed by atoms with Crippen LogP contribution in [0.1, 0.15) is 81.3 Å². The van der Waals surface area contributed by atoms with E-state index in [0.29, 0.717) is 47.1 Å². The average molecular weight is 652 g/mol. The number of halogens is 1. The molecule has 1 saturated heterocycles. The van der Waals surface area contributed by atoms with Gasteiger partial charge in [0.2, 0.25) is 15.9 Å². The molecule has 0 atom stereocenters. The molecule has 11 heteroatoms. The van der Waals surface area contributed by atoms with Crippen molar-refractivity contribution >= 4 is 38.4 Å². The van der Waals surface area contributed by atoms with Crippen LogP contribution in [0.5, 0.6) is 0 Å². The van der Waals surface area contributed by atoms with Crippen LogP contribution in [0, 0.1) is 17.2 Å². The van der Waals surface area contributed by atoms with E-state index in [-0.39, 0.29) is 29.7 Å². The number of rotatable bonds is 8. The number of fused-ring (bicyclic) bond motifs is 3. The first-order chi connectivity index (χ1) is 21.9. The molecule has 3 heterocycles. The Hall–Kier alpha value is -3.44. The molecule has 0 spiro atoms. The number of anilines is 1. The van der Waals surface area contributed by atoms with Crippen molar-refractivity contribution in [3.8, 4) is 11.1 Å². The van der Waals surface area contributed by atoms with Gasteiger partial charge in [-0.25, -0.2) is 16.8 Å². The second-order valence-electron chi connectivity index (χ2n) is 13.8. The average Bonchev–Trinajstić information content (AvgIpc) is 3.35. The topological polar surface area (TPSA) is 127 Å². The quantitative estimate of drug-likeness (QED) is 0.305. The summed E-state index contributed by atoms with van der Waals surface area (Å²) in [5.74, 6) is -0.808. The molecule has 4 N–H and O–H groups in total. The molecule has 248 valence electrons. The summed E-state index contributed by atoms with van der Waals surface area (Å²) in [6.07, 6.45) is 7.03. The van der Waals surface area contributed by atoms with Crippen LogP contribution in [-0.4, -0.2) is 67.1 Å². The van der Waals surface area contributed by atoms with Gasteiger partial charge in [0.05, 0.1) is 16.8 Å². The molecule has 0 bridgehead atoms. The maximum Gasteiger partial charge on any atom is 0.250 e. The van der Waals surface area contributed by atoms with Crippen molar-refractivity contribution in [1.82, 2.24) is 14.2 Å². The van der Waals surface area contributed by atoms with E-state index in [2.05, 4.69) is 22.6 Å². The third-order valence-corrected chi connectivity index (χ3v) is 12.8. The fourth-order valence-electron chi connectivity index (χ4n) is 7.87. The normalized spacial score (nSPS) is 23.1. The second-order valence-corrected chi connectivity index (χ2v) is 15.6. The first kappa shape index (κ1) is 32.5. The van der Waals surface area contributed by atoms with Crippen molar-refractivity contribution in [2.24, 2.45) is 17.1 Å². The molecular weight excluding hydrogens is 605 g/mol. The molecule has 0 radical (unpaired) electrons. The van der Waals surface area contributed by atoms with Gasteiger partial charge in [-0.15, -0.1) is 0 Å². The van der Waals surface area contributed by atoms with Gasteiger partial charge in [-0.3, -0.25) is 9.59 Å². The Labute approximate surface area is 271 Å². The van der Waals surface area contributed by atoms with Crippen LogP contribution >= 0.6 is 0 Å². The van der Waals surface area contributed by atoms with E-state index < -0.39 is 27.2 Å². The van der Waals surface area contributed by atoms with Crippen LogP contribution in [0.25, 0.3) is 22.0 Å². The second kappa shape index (κ2) is 12.6. The maximum atomic E-state index is 14.5. The molecule has 0 unspecified atom stereocenters. The van der Waals surface area contributed by atoms with Gasteiger partial charge in [-0.2, -0.15) is 0 Å². The van der Waals surface area contributed by atoms with E-state index in [4.69, 9.17) is 5.73 Å². The number of nitrogens with zero attached hydrogens (tertiary/aromatic N) is 2. The highest BCUT2D eigenvalue weighted by molar-refractivity contribution is 7.90. The highest BCUT2D eigenvalue weighted by atomic mass is 32.2. The molecule has 3 aliphatic rings. The zero-order valence-corrected chi connectivity index (χ0v) is 27.9. The number of piperidine rings is 1. The number of nitrogens with one attached hydrogen (secondary N) is 2. The number of likely N-dealkylation sites (tertiary alicyclic amines) is 1. The summed E-state index contributed by atoms with van der Waals surface area (Å²) in [6.45, 7) is 5.94. The summed E-state index contributed by atoms with van der Waals surface area (Å²) < 4.78 is 43.4. The summed E-state index contributed by atoms with van der Waals surface area (Å²) in [5, 5.41) is 7.50. The van der Waals surface area contributed by atoms with Gasteiger partial charge in [0.15, 0.2) is 0 Å². The lowest BCUT2D eigenvalue weighted by Gasteiger charge is -2.36. The van der Waals surface area contributed by atoms with Crippen molar-refractivity contribution in [3.05, 3.63) is 53.5 Å². The standard InChI is InChI=1S/C35H46FN5O4S/c1-4-35(5-2)20-31-32(28-13-7-24(36)19-30(28)41(31)46(44,45)21-35)23-6-12-27(33(37)42)29(18-23)38-25-8-10-26(11-9-25)39-34(43)22-14-16-40(3)17-15-22/h6-7,12-13,18-19,22,25-26,38H,4-5,8-11,14-17,20-21H2,1-3H3,(H2,37,42)(H,39,43). The van der Waals surface area contributed by atoms with E-state index in [9.17, 15) is 22.4 Å². The molecule has 1 saturated carbocycles. The predicted molar refractivity (Wildman–Crippen MR) is 180 cm³/mol. The Morgan fingerprint density at radius 2 is 1.65 bits per heavy atom. The molecule has 2 fully saturated rings. The fourth-order valence-corrected chi connectivity index (χ4v) is 10.2. The molecule has 2 aromatic carbocycles. The lowest BCUT2D eigenvalue weighted by Crippen LogP contribution is -2.45. The van der Waals surface area contributed by atoms with Crippen molar-refractivity contribution in [1.29, 1.82) is 0 Å². The Bertz CT molecular complexity index is 1750. The van der Waals surface area contributed by atoms with Crippen LogP contribution in [0.3, 0.4) is 0 Å². The zero-order chi connectivity index (χ0) is 32.8. The third kappa shape index (κ3) is 6.15. The van der Waals surface area contributed by atoms with Gasteiger partial charge in [0, 0.05) is 40.3 Å². The Kier molecular flexibility index (Phi) is 8.93. The number of amides is 2. The highest BCUT2D eigenvalue weighted by Crippen LogP contribution is 2.46. The van der Waals surface area contributed by atoms with Crippen LogP contribution in [0.15, 0.2) is 36.4 Å². The Morgan fingerprint density at radius 3 is 2.30 bits per heavy atom. The number of carbonyl (C=O) groups is 2. The van der Waals surface area contributed by atoms with Gasteiger partial charge in [-0.05, 0) is 119 Å². The van der Waals surface area contributed by atoms with Crippen molar-refractivity contribution < 1.29 is 22.4 Å². The molecule has 46 heavy (non-hydrogen) atoms. The molecule has 9 nitrogen and oxygen atoms in total. The van der Waals surface area contributed by atoms with Gasteiger partial charge < -0.3 is 21.3 Å². The predicted octanol–water partition coefficient (Wildman–Crippen LogP) is 5.27. The number of primary amides is 1. The van der Waals surface area contributed by atoms with E-state index in [1.165, 1.54) is 16.1 Å². The van der Waals surface area contributed by atoms with E-state index >= 15 is 0 Å². The molecule has 2 amide bonds. The lowest BCUT2D eigenvalue weighted by atomic mass is 9.78. The lowest BCUT2D eigenvalue weighted by molar-refractivity contribution is -0.127. The van der Waals surface area contributed by atoms with Crippen LogP contribution in [0.4, 0.5) is 10.1 Å². The molecular formula is C35H46FN5O4S. The third-order valence-electron chi connectivity index (χ3n) is 10.9. The zero-order valence-electron chi connectivity index (χ0n) is 27.1. The van der Waals surface area contributed by atoms with E-state index in [0.717, 1.165) is 62.7 Å². The summed E-state index contributed by atoms with van der Waals surface area (Å²) in [4.78, 5) is 27.7. The summed E-state index contributed by atoms with van der Waals surface area (Å²) in [5.41, 5.74) is 8.80. The number of aromatic nitrogens is 1. The first-order valence-corrected chi connectivity index (χ1v) is 18.3. The summed E-state index contributed by atoms with van der Waals surface area (Å²) in [7, 11) is -1.67. The number of hydrogen-bond acceptors (Lipinski definition) is 6. The van der Waals surface area contributed by atoms with Crippen molar-refractivity contribution in [2.75, 3.05) is 31.2 Å². The van der Waals surface area contributed by atoms with Gasteiger partial charge >= 0.3 is 0 Å². The van der Waals surface area contributed by atoms with Crippen LogP contribution in [-0.2, 0) is 21.2 Å². The molecule has 6 rings (SSSR count). The maximum absolute atomic E-state index is 14.5. The first-order valence-electron chi connectivity index (χ1n) is 16.7. The Balaban J connectivity index is 1.29. The summed E-state index contributed by atoms with van der Waals surface area (Å²) >= 11 is 0. The van der Waals surface area contributed by atoms with E-state index in [1.54, 1.807) is 18.2 Å². The van der Waals surface area contributed by atoms with E-state index in [1.807, 2.05) is 19.9 Å². The molecule has 2 aliphatic heterocycles. The number of hydrogen-bond donors (Lipinski definition) is 3. The van der Waals surface area contributed by atoms with Crippen molar-refractivity contribution in [3.63, 3.8) is 0 Å². The number of carbonyl (C=O) groups excluding carboxylic acids is 2. The largest absolute Gasteiger partial charge is 0.382 e. The number of nitrogens with two attached hydrogens (primary N) is 1. The van der Waals surface area contributed by atoms with Crippen LogP contribution in [0.2, 0.25) is 0 Å². The summed E-state index contributed by atoms with van der Waals surface area (Å²) in [6, 6.07) is 9.89. The SMILES string of the molecule is CCC1(CC)Cc2c(-c3ccc(C(N)=O)c(NC4CCC(NC(=O)C5CCN(C)CC5)CC4)c3)c3ccc(F)cc3n2S(=O)(=O)C1. The number of benzene rings is 2. The molecule has 1 aliphatic carbocycles. The fraction of sp³-hybridized carbons (Fsp3) is 0.543. The van der Waals surface area contributed by atoms with Crippen molar-refractivity contribution in [2.45, 2.75) is 83.7 Å². The van der Waals surface area contributed by atoms with Gasteiger partial charge in [0.1, 0.15) is 5.82 Å². The smallest absolute Gasteiger partial charge is 0.250 e. The van der Waals surface area contributed by atoms with Crippen LogP contribution < -0.4 is 16.4 Å². The van der Waals surface area contributed by atoms with Gasteiger partial charge in [-0.1, -0.05) is 19.9 Å². The molecule has 1 aromatic heterocycles. The minimum atomic E-state index is -3.75. The van der Waals surface area contributed by atoms with Gasteiger partial charge in [0.25, 0.3) is 5.91 Å². The molecule has 3 aromatic rings.